The van der Waals surface area contributed by atoms with E-state index in [4.69, 9.17) is 11.6 Å². The molecule has 2 rings (SSSR count). The minimum absolute atomic E-state index is 0.250. The molecule has 0 aliphatic heterocycles. The quantitative estimate of drug-likeness (QED) is 0.837. The van der Waals surface area contributed by atoms with Gasteiger partial charge in [-0.2, -0.15) is 0 Å². The number of likely N-dealkylation sites (N-methyl/N-ethyl adjacent to an activating group) is 1. The van der Waals surface area contributed by atoms with E-state index in [1.165, 1.54) is 5.56 Å². The molecule has 1 aromatic carbocycles. The highest BCUT2D eigenvalue weighted by Gasteiger charge is 2.16. The molecule has 1 heterocycles. The lowest BCUT2D eigenvalue weighted by Crippen LogP contribution is -2.21. The molecule has 0 amide bonds. The van der Waals surface area contributed by atoms with Gasteiger partial charge in [0, 0.05) is 29.4 Å². The molecule has 0 radical (unpaired) electrons. The van der Waals surface area contributed by atoms with E-state index in [9.17, 15) is 0 Å². The lowest BCUT2D eigenvalue weighted by atomic mass is 9.95. The summed E-state index contributed by atoms with van der Waals surface area (Å²) in [4.78, 5) is 6.64. The Morgan fingerprint density at radius 2 is 2.00 bits per heavy atom. The zero-order valence-electron chi connectivity index (χ0n) is 10.7. The van der Waals surface area contributed by atoms with E-state index in [0.717, 1.165) is 17.3 Å². The van der Waals surface area contributed by atoms with Gasteiger partial charge in [-0.25, -0.2) is 0 Å². The maximum atomic E-state index is 6.08. The molecule has 1 aromatic heterocycles. The summed E-state index contributed by atoms with van der Waals surface area (Å²) >= 11 is 6.08. The summed E-state index contributed by atoms with van der Waals surface area (Å²) in [6.45, 7) is 0.914. The number of hydrogen-bond donors (Lipinski definition) is 0. The summed E-state index contributed by atoms with van der Waals surface area (Å²) in [5.74, 6) is 0.250. The van der Waals surface area contributed by atoms with Gasteiger partial charge in [-0.1, -0.05) is 29.8 Å². The van der Waals surface area contributed by atoms with E-state index in [-0.39, 0.29) is 5.92 Å². The van der Waals surface area contributed by atoms with Crippen molar-refractivity contribution >= 4 is 11.6 Å². The largest absolute Gasteiger partial charge is 0.308 e. The second-order valence-corrected chi connectivity index (χ2v) is 5.06. The molecule has 1 unspecified atom stereocenters. The first-order valence-electron chi connectivity index (χ1n) is 5.98. The number of halogens is 1. The van der Waals surface area contributed by atoms with Crippen molar-refractivity contribution in [2.24, 2.45) is 0 Å². The molecular weight excluding hydrogens is 244 g/mol. The van der Waals surface area contributed by atoms with Crippen molar-refractivity contribution in [1.29, 1.82) is 0 Å². The van der Waals surface area contributed by atoms with Gasteiger partial charge in [0.15, 0.2) is 0 Å². The zero-order chi connectivity index (χ0) is 13.0. The van der Waals surface area contributed by atoms with E-state index < -0.39 is 0 Å². The molecule has 0 spiro atoms. The van der Waals surface area contributed by atoms with Crippen LogP contribution < -0.4 is 0 Å². The first-order chi connectivity index (χ1) is 8.66. The molecule has 0 aliphatic rings. The lowest BCUT2D eigenvalue weighted by molar-refractivity contribution is 0.389. The number of benzene rings is 1. The summed E-state index contributed by atoms with van der Waals surface area (Å²) in [7, 11) is 4.14. The number of nitrogens with zero attached hydrogens (tertiary/aromatic N) is 2. The molecular formula is C15H17ClN2. The first-order valence-corrected chi connectivity index (χ1v) is 6.36. The van der Waals surface area contributed by atoms with Gasteiger partial charge in [0.1, 0.15) is 0 Å². The van der Waals surface area contributed by atoms with Crippen LogP contribution in [-0.4, -0.2) is 30.5 Å². The molecule has 0 bridgehead atoms. The average Bonchev–Trinajstić information content (AvgIpc) is 2.37. The van der Waals surface area contributed by atoms with Crippen LogP contribution in [0.4, 0.5) is 0 Å². The van der Waals surface area contributed by atoms with Crippen molar-refractivity contribution in [2.45, 2.75) is 5.92 Å². The maximum Gasteiger partial charge on any atom is 0.0491 e. The summed E-state index contributed by atoms with van der Waals surface area (Å²) < 4.78 is 0. The van der Waals surface area contributed by atoms with Gasteiger partial charge in [-0.15, -0.1) is 0 Å². The van der Waals surface area contributed by atoms with Gasteiger partial charge in [-0.05, 0) is 43.9 Å². The van der Waals surface area contributed by atoms with Crippen LogP contribution in [0, 0.1) is 0 Å². The third-order valence-corrected chi connectivity index (χ3v) is 3.08. The fourth-order valence-corrected chi connectivity index (χ4v) is 2.24. The molecule has 0 N–H and O–H groups in total. The minimum atomic E-state index is 0.250. The molecule has 18 heavy (non-hydrogen) atoms. The molecule has 2 aromatic rings. The van der Waals surface area contributed by atoms with Crippen LogP contribution in [0.25, 0.3) is 0 Å². The van der Waals surface area contributed by atoms with Crippen molar-refractivity contribution in [1.82, 2.24) is 9.88 Å². The number of hydrogen-bond acceptors (Lipinski definition) is 2. The van der Waals surface area contributed by atoms with Gasteiger partial charge in [0.05, 0.1) is 0 Å². The molecule has 0 aliphatic carbocycles. The SMILES string of the molecule is CN(C)CC(c1cccc(Cl)c1)c1ccccn1. The second-order valence-electron chi connectivity index (χ2n) is 4.62. The molecule has 0 saturated carbocycles. The van der Waals surface area contributed by atoms with E-state index in [1.54, 1.807) is 0 Å². The molecule has 94 valence electrons. The van der Waals surface area contributed by atoms with Crippen molar-refractivity contribution in [3.8, 4) is 0 Å². The highest BCUT2D eigenvalue weighted by Crippen LogP contribution is 2.25. The Bertz CT molecular complexity index is 497. The average molecular weight is 261 g/mol. The van der Waals surface area contributed by atoms with Gasteiger partial charge in [0.25, 0.3) is 0 Å². The van der Waals surface area contributed by atoms with Crippen molar-refractivity contribution in [3.05, 3.63) is 64.9 Å². The van der Waals surface area contributed by atoms with Crippen LogP contribution in [0.3, 0.4) is 0 Å². The molecule has 2 nitrogen and oxygen atoms in total. The van der Waals surface area contributed by atoms with Crippen LogP contribution in [0.2, 0.25) is 5.02 Å². The summed E-state index contributed by atoms with van der Waals surface area (Å²) in [6.07, 6.45) is 1.84. The Hall–Kier alpha value is -1.38. The Kier molecular flexibility index (Phi) is 4.34. The minimum Gasteiger partial charge on any atom is -0.308 e. The summed E-state index contributed by atoms with van der Waals surface area (Å²) in [5.41, 5.74) is 2.28. The van der Waals surface area contributed by atoms with Gasteiger partial charge in [0.2, 0.25) is 0 Å². The van der Waals surface area contributed by atoms with Crippen molar-refractivity contribution in [2.75, 3.05) is 20.6 Å². The standard InChI is InChI=1S/C15H17ClN2/c1-18(2)11-14(15-8-3-4-9-17-15)12-6-5-7-13(16)10-12/h3-10,14H,11H2,1-2H3. The molecule has 1 atom stereocenters. The highest BCUT2D eigenvalue weighted by atomic mass is 35.5. The normalized spacial score (nSPS) is 12.7. The predicted octanol–water partition coefficient (Wildman–Crippen LogP) is 3.43. The predicted molar refractivity (Wildman–Crippen MR) is 76.1 cm³/mol. The van der Waals surface area contributed by atoms with Gasteiger partial charge >= 0.3 is 0 Å². The van der Waals surface area contributed by atoms with Crippen molar-refractivity contribution < 1.29 is 0 Å². The third kappa shape index (κ3) is 3.31. The van der Waals surface area contributed by atoms with Crippen LogP contribution in [-0.2, 0) is 0 Å². The van der Waals surface area contributed by atoms with Crippen LogP contribution in [0.1, 0.15) is 17.2 Å². The Labute approximate surface area is 113 Å². The zero-order valence-corrected chi connectivity index (χ0v) is 11.4. The maximum absolute atomic E-state index is 6.08. The van der Waals surface area contributed by atoms with E-state index in [1.807, 2.05) is 36.5 Å². The van der Waals surface area contributed by atoms with Crippen LogP contribution in [0.15, 0.2) is 48.7 Å². The molecule has 3 heteroatoms. The second kappa shape index (κ2) is 5.98. The monoisotopic (exact) mass is 260 g/mol. The van der Waals surface area contributed by atoms with Crippen LogP contribution >= 0.6 is 11.6 Å². The summed E-state index contributed by atoms with van der Waals surface area (Å²) in [6, 6.07) is 14.0. The third-order valence-electron chi connectivity index (χ3n) is 2.84. The van der Waals surface area contributed by atoms with Crippen LogP contribution in [0.5, 0.6) is 0 Å². The summed E-state index contributed by atoms with van der Waals surface area (Å²) in [5, 5.41) is 0.771. The lowest BCUT2D eigenvalue weighted by Gasteiger charge is -2.21. The number of pyridine rings is 1. The Balaban J connectivity index is 2.37. The highest BCUT2D eigenvalue weighted by molar-refractivity contribution is 6.30. The first kappa shape index (κ1) is 13.1. The van der Waals surface area contributed by atoms with E-state index in [2.05, 4.69) is 36.1 Å². The smallest absolute Gasteiger partial charge is 0.0491 e. The van der Waals surface area contributed by atoms with E-state index >= 15 is 0 Å². The number of rotatable bonds is 4. The number of aromatic nitrogens is 1. The van der Waals surface area contributed by atoms with Gasteiger partial charge in [-0.3, -0.25) is 4.98 Å². The van der Waals surface area contributed by atoms with Gasteiger partial charge < -0.3 is 4.90 Å². The molecule has 0 fully saturated rings. The topological polar surface area (TPSA) is 16.1 Å². The fourth-order valence-electron chi connectivity index (χ4n) is 2.04. The Morgan fingerprint density at radius 3 is 2.61 bits per heavy atom. The van der Waals surface area contributed by atoms with Crippen molar-refractivity contribution in [3.63, 3.8) is 0 Å². The molecule has 0 saturated heterocycles. The fraction of sp³-hybridized carbons (Fsp3) is 0.267. The van der Waals surface area contributed by atoms with E-state index in [0.29, 0.717) is 0 Å². The Morgan fingerprint density at radius 1 is 1.17 bits per heavy atom.